The SMILES string of the molecule is Cc1noc(C)c1S(=O)(=O)Nc1ccc2ocnc2c1. The lowest BCUT2D eigenvalue weighted by Gasteiger charge is -2.07. The monoisotopic (exact) mass is 293 g/mol. The number of hydrogen-bond donors (Lipinski definition) is 1. The molecule has 20 heavy (non-hydrogen) atoms. The molecular formula is C12H11N3O4S. The summed E-state index contributed by atoms with van der Waals surface area (Å²) < 4.78 is 37.1. The molecule has 0 radical (unpaired) electrons. The van der Waals surface area contributed by atoms with E-state index in [-0.39, 0.29) is 10.7 Å². The van der Waals surface area contributed by atoms with Gasteiger partial charge >= 0.3 is 0 Å². The fourth-order valence-electron chi connectivity index (χ4n) is 1.99. The van der Waals surface area contributed by atoms with Gasteiger partial charge in [-0.3, -0.25) is 4.72 Å². The molecule has 0 aliphatic carbocycles. The highest BCUT2D eigenvalue weighted by Crippen LogP contribution is 2.24. The molecule has 3 aromatic rings. The van der Waals surface area contributed by atoms with Crippen molar-refractivity contribution in [3.8, 4) is 0 Å². The normalized spacial score (nSPS) is 11.9. The van der Waals surface area contributed by atoms with Gasteiger partial charge in [-0.25, -0.2) is 13.4 Å². The van der Waals surface area contributed by atoms with Crippen LogP contribution in [0.2, 0.25) is 0 Å². The molecule has 0 fully saturated rings. The highest BCUT2D eigenvalue weighted by Gasteiger charge is 2.24. The number of fused-ring (bicyclic) bond motifs is 1. The van der Waals surface area contributed by atoms with E-state index in [0.717, 1.165) is 0 Å². The molecule has 8 heteroatoms. The predicted octanol–water partition coefficient (Wildman–Crippen LogP) is 2.23. The molecule has 0 aliphatic heterocycles. The van der Waals surface area contributed by atoms with E-state index in [9.17, 15) is 8.42 Å². The Morgan fingerprint density at radius 3 is 2.75 bits per heavy atom. The standard InChI is InChI=1S/C12H11N3O4S/c1-7-12(8(2)19-14-7)20(16,17)15-9-3-4-11-10(5-9)13-6-18-11/h3-6,15H,1-2H3. The van der Waals surface area contributed by atoms with Crippen LogP contribution in [0.4, 0.5) is 5.69 Å². The Balaban J connectivity index is 2.01. The molecule has 1 aromatic carbocycles. The van der Waals surface area contributed by atoms with Crippen molar-refractivity contribution in [3.05, 3.63) is 36.0 Å². The molecule has 0 spiro atoms. The van der Waals surface area contributed by atoms with E-state index in [1.165, 1.54) is 6.39 Å². The summed E-state index contributed by atoms with van der Waals surface area (Å²) in [6.07, 6.45) is 1.30. The van der Waals surface area contributed by atoms with Gasteiger partial charge in [-0.15, -0.1) is 0 Å². The first kappa shape index (κ1) is 12.7. The van der Waals surface area contributed by atoms with Gasteiger partial charge in [0, 0.05) is 0 Å². The van der Waals surface area contributed by atoms with Crippen molar-refractivity contribution in [1.82, 2.24) is 10.1 Å². The average molecular weight is 293 g/mol. The Labute approximate surface area is 114 Å². The number of aromatic nitrogens is 2. The van der Waals surface area contributed by atoms with Gasteiger partial charge in [0.25, 0.3) is 10.0 Å². The molecule has 2 aromatic heterocycles. The highest BCUT2D eigenvalue weighted by molar-refractivity contribution is 7.92. The van der Waals surface area contributed by atoms with Crippen molar-refractivity contribution < 1.29 is 17.4 Å². The van der Waals surface area contributed by atoms with Gasteiger partial charge in [0.05, 0.1) is 5.69 Å². The topological polar surface area (TPSA) is 98.2 Å². The minimum atomic E-state index is -3.75. The highest BCUT2D eigenvalue weighted by atomic mass is 32.2. The summed E-state index contributed by atoms with van der Waals surface area (Å²) in [4.78, 5) is 4.03. The molecule has 0 amide bonds. The summed E-state index contributed by atoms with van der Waals surface area (Å²) >= 11 is 0. The fraction of sp³-hybridized carbons (Fsp3) is 0.167. The Hall–Kier alpha value is -2.35. The molecule has 0 aliphatic rings. The number of aryl methyl sites for hydroxylation is 2. The van der Waals surface area contributed by atoms with Crippen molar-refractivity contribution in [2.24, 2.45) is 0 Å². The van der Waals surface area contributed by atoms with Crippen LogP contribution in [0, 0.1) is 13.8 Å². The Morgan fingerprint density at radius 1 is 1.25 bits per heavy atom. The zero-order valence-electron chi connectivity index (χ0n) is 10.7. The van der Waals surface area contributed by atoms with Crippen LogP contribution in [-0.2, 0) is 10.0 Å². The third-order valence-electron chi connectivity index (χ3n) is 2.82. The number of rotatable bonds is 3. The van der Waals surface area contributed by atoms with Crippen LogP contribution in [-0.4, -0.2) is 18.6 Å². The van der Waals surface area contributed by atoms with E-state index in [0.29, 0.717) is 22.5 Å². The lowest BCUT2D eigenvalue weighted by Crippen LogP contribution is -2.14. The summed E-state index contributed by atoms with van der Waals surface area (Å²) in [6, 6.07) is 4.84. The Morgan fingerprint density at radius 2 is 2.05 bits per heavy atom. The lowest BCUT2D eigenvalue weighted by molar-refractivity contribution is 0.390. The minimum absolute atomic E-state index is 0.0535. The minimum Gasteiger partial charge on any atom is -0.443 e. The second kappa shape index (κ2) is 4.34. The molecule has 104 valence electrons. The van der Waals surface area contributed by atoms with Crippen LogP contribution in [0.5, 0.6) is 0 Å². The largest absolute Gasteiger partial charge is 0.443 e. The van der Waals surface area contributed by atoms with Crippen molar-refractivity contribution in [1.29, 1.82) is 0 Å². The van der Waals surface area contributed by atoms with E-state index < -0.39 is 10.0 Å². The summed E-state index contributed by atoms with van der Waals surface area (Å²) in [5, 5.41) is 3.64. The van der Waals surface area contributed by atoms with Gasteiger partial charge in [-0.05, 0) is 32.0 Å². The third-order valence-corrected chi connectivity index (χ3v) is 4.44. The number of anilines is 1. The molecule has 2 heterocycles. The Bertz CT molecular complexity index is 860. The summed E-state index contributed by atoms with van der Waals surface area (Å²) in [5.74, 6) is 0.248. The van der Waals surface area contributed by atoms with Gasteiger partial charge in [0.1, 0.15) is 11.2 Å². The molecular weight excluding hydrogens is 282 g/mol. The first-order valence-corrected chi connectivity index (χ1v) is 7.24. The van der Waals surface area contributed by atoms with E-state index in [4.69, 9.17) is 8.94 Å². The summed E-state index contributed by atoms with van der Waals surface area (Å²) in [5.41, 5.74) is 1.87. The maximum atomic E-state index is 12.3. The number of sulfonamides is 1. The second-order valence-corrected chi connectivity index (χ2v) is 5.91. The van der Waals surface area contributed by atoms with Gasteiger partial charge in [-0.2, -0.15) is 0 Å². The average Bonchev–Trinajstić information content (AvgIpc) is 2.95. The van der Waals surface area contributed by atoms with Crippen molar-refractivity contribution in [3.63, 3.8) is 0 Å². The summed E-state index contributed by atoms with van der Waals surface area (Å²) in [7, 11) is -3.75. The van der Waals surface area contributed by atoms with Crippen molar-refractivity contribution >= 4 is 26.8 Å². The number of nitrogens with one attached hydrogen (secondary N) is 1. The van der Waals surface area contributed by atoms with Gasteiger partial charge in [0.15, 0.2) is 22.6 Å². The van der Waals surface area contributed by atoms with Gasteiger partial charge in [-0.1, -0.05) is 5.16 Å². The molecule has 0 unspecified atom stereocenters. The number of benzene rings is 1. The predicted molar refractivity (Wildman–Crippen MR) is 70.8 cm³/mol. The van der Waals surface area contributed by atoms with Crippen molar-refractivity contribution in [2.45, 2.75) is 18.7 Å². The number of hydrogen-bond acceptors (Lipinski definition) is 6. The van der Waals surface area contributed by atoms with E-state index >= 15 is 0 Å². The van der Waals surface area contributed by atoms with E-state index in [2.05, 4.69) is 14.9 Å². The molecule has 0 atom stereocenters. The van der Waals surface area contributed by atoms with Gasteiger partial charge in [0.2, 0.25) is 0 Å². The molecule has 0 saturated heterocycles. The van der Waals surface area contributed by atoms with Crippen LogP contribution < -0.4 is 4.72 Å². The fourth-order valence-corrected chi connectivity index (χ4v) is 3.37. The first-order chi connectivity index (χ1) is 9.47. The third kappa shape index (κ3) is 2.03. The Kier molecular flexibility index (Phi) is 2.75. The number of nitrogens with zero attached hydrogens (tertiary/aromatic N) is 2. The zero-order valence-corrected chi connectivity index (χ0v) is 11.6. The number of oxazole rings is 1. The molecule has 7 nitrogen and oxygen atoms in total. The maximum Gasteiger partial charge on any atom is 0.267 e. The van der Waals surface area contributed by atoms with Crippen LogP contribution in [0.3, 0.4) is 0 Å². The smallest absolute Gasteiger partial charge is 0.267 e. The second-order valence-electron chi connectivity index (χ2n) is 4.29. The van der Waals surface area contributed by atoms with E-state index in [1.807, 2.05) is 0 Å². The van der Waals surface area contributed by atoms with E-state index in [1.54, 1.807) is 32.0 Å². The van der Waals surface area contributed by atoms with Crippen molar-refractivity contribution in [2.75, 3.05) is 4.72 Å². The zero-order chi connectivity index (χ0) is 14.3. The van der Waals surface area contributed by atoms with Crippen LogP contribution in [0.1, 0.15) is 11.5 Å². The quantitative estimate of drug-likeness (QED) is 0.795. The van der Waals surface area contributed by atoms with Crippen LogP contribution in [0.25, 0.3) is 11.1 Å². The lowest BCUT2D eigenvalue weighted by atomic mass is 10.3. The maximum absolute atomic E-state index is 12.3. The molecule has 0 saturated carbocycles. The molecule has 1 N–H and O–H groups in total. The first-order valence-electron chi connectivity index (χ1n) is 5.76. The van der Waals surface area contributed by atoms with Crippen LogP contribution >= 0.6 is 0 Å². The molecule has 0 bridgehead atoms. The summed E-state index contributed by atoms with van der Waals surface area (Å²) in [6.45, 7) is 3.13. The van der Waals surface area contributed by atoms with Gasteiger partial charge < -0.3 is 8.94 Å². The van der Waals surface area contributed by atoms with Crippen LogP contribution in [0.15, 0.2) is 38.4 Å². The molecule has 3 rings (SSSR count).